The summed E-state index contributed by atoms with van der Waals surface area (Å²) in [6.07, 6.45) is 2.25. The van der Waals surface area contributed by atoms with Crippen molar-refractivity contribution in [1.29, 1.82) is 0 Å². The molecule has 4 nitrogen and oxygen atoms in total. The SMILES string of the molecule is CC[C@H](C)N1C(=O)S/C(=C/c2cc(Cl)c(OCc3ccccc3F)c(Cl)c2)C1=O. The lowest BCUT2D eigenvalue weighted by atomic mass is 10.1. The number of amides is 2. The number of nitrogens with zero attached hydrogens (tertiary/aromatic N) is 1. The molecule has 1 saturated heterocycles. The zero-order valence-corrected chi connectivity index (χ0v) is 18.1. The molecule has 3 rings (SSSR count). The molecular weight excluding hydrogens is 436 g/mol. The molecule has 0 radical (unpaired) electrons. The molecule has 1 heterocycles. The monoisotopic (exact) mass is 453 g/mol. The predicted octanol–water partition coefficient (Wildman–Crippen LogP) is 6.55. The van der Waals surface area contributed by atoms with E-state index in [9.17, 15) is 14.0 Å². The Bertz CT molecular complexity index is 973. The van der Waals surface area contributed by atoms with E-state index in [1.54, 1.807) is 36.4 Å². The number of benzene rings is 2. The second-order valence-electron chi connectivity index (χ2n) is 6.50. The highest BCUT2D eigenvalue weighted by molar-refractivity contribution is 8.18. The summed E-state index contributed by atoms with van der Waals surface area (Å²) in [4.78, 5) is 26.2. The van der Waals surface area contributed by atoms with Crippen LogP contribution >= 0.6 is 35.0 Å². The van der Waals surface area contributed by atoms with Gasteiger partial charge in [0.1, 0.15) is 12.4 Å². The Balaban J connectivity index is 1.81. The number of carbonyl (C=O) groups is 2. The number of thioether (sulfide) groups is 1. The number of imide groups is 1. The summed E-state index contributed by atoms with van der Waals surface area (Å²) in [6, 6.07) is 9.26. The Labute approximate surface area is 182 Å². The van der Waals surface area contributed by atoms with Crippen LogP contribution in [0.2, 0.25) is 10.0 Å². The second kappa shape index (κ2) is 9.20. The van der Waals surface area contributed by atoms with Crippen LogP contribution in [-0.2, 0) is 11.4 Å². The first kappa shape index (κ1) is 21.7. The number of rotatable bonds is 6. The van der Waals surface area contributed by atoms with Gasteiger partial charge >= 0.3 is 0 Å². The summed E-state index contributed by atoms with van der Waals surface area (Å²) in [5, 5.41) is 0.153. The van der Waals surface area contributed by atoms with Gasteiger partial charge in [-0.1, -0.05) is 48.3 Å². The van der Waals surface area contributed by atoms with Gasteiger partial charge < -0.3 is 4.74 Å². The van der Waals surface area contributed by atoms with Crippen LogP contribution in [0.15, 0.2) is 41.3 Å². The molecule has 0 spiro atoms. The molecule has 0 aliphatic carbocycles. The van der Waals surface area contributed by atoms with Gasteiger partial charge in [-0.05, 0) is 54.9 Å². The molecule has 1 aliphatic rings. The van der Waals surface area contributed by atoms with E-state index in [2.05, 4.69) is 0 Å². The lowest BCUT2D eigenvalue weighted by Gasteiger charge is -2.19. The fourth-order valence-corrected chi connectivity index (χ4v) is 4.30. The maximum absolute atomic E-state index is 13.7. The number of carbonyl (C=O) groups excluding carboxylic acids is 2. The Kier molecular flexibility index (Phi) is 6.88. The minimum absolute atomic E-state index is 0.0285. The maximum Gasteiger partial charge on any atom is 0.293 e. The van der Waals surface area contributed by atoms with Gasteiger partial charge in [-0.15, -0.1) is 0 Å². The van der Waals surface area contributed by atoms with Gasteiger partial charge in [-0.25, -0.2) is 4.39 Å². The quantitative estimate of drug-likeness (QED) is 0.465. The van der Waals surface area contributed by atoms with Crippen molar-refractivity contribution >= 4 is 52.2 Å². The van der Waals surface area contributed by atoms with E-state index < -0.39 is 0 Å². The van der Waals surface area contributed by atoms with Crippen LogP contribution in [-0.4, -0.2) is 22.1 Å². The zero-order chi connectivity index (χ0) is 21.1. The van der Waals surface area contributed by atoms with Crippen molar-refractivity contribution in [2.24, 2.45) is 0 Å². The standard InChI is InChI=1S/C21H18Cl2FNO3S/c1-3-12(2)25-20(26)18(29-21(25)27)10-13-8-15(22)19(16(23)9-13)28-11-14-6-4-5-7-17(14)24/h4-10,12H,3,11H2,1-2H3/b18-10+/t12-/m0/s1. The van der Waals surface area contributed by atoms with Crippen LogP contribution in [0, 0.1) is 5.82 Å². The van der Waals surface area contributed by atoms with Gasteiger partial charge in [0.25, 0.3) is 11.1 Å². The van der Waals surface area contributed by atoms with Crippen LogP contribution in [0.4, 0.5) is 9.18 Å². The number of halogens is 3. The van der Waals surface area contributed by atoms with Gasteiger partial charge in [-0.2, -0.15) is 0 Å². The summed E-state index contributed by atoms with van der Waals surface area (Å²) < 4.78 is 19.3. The van der Waals surface area contributed by atoms with E-state index in [0.717, 1.165) is 11.8 Å². The minimum Gasteiger partial charge on any atom is -0.486 e. The van der Waals surface area contributed by atoms with E-state index >= 15 is 0 Å². The fourth-order valence-electron chi connectivity index (χ4n) is 2.76. The molecule has 29 heavy (non-hydrogen) atoms. The van der Waals surface area contributed by atoms with Crippen LogP contribution in [0.5, 0.6) is 5.75 Å². The van der Waals surface area contributed by atoms with Crippen molar-refractivity contribution in [3.8, 4) is 5.75 Å². The first-order chi connectivity index (χ1) is 13.8. The van der Waals surface area contributed by atoms with Crippen molar-refractivity contribution in [3.05, 3.63) is 68.3 Å². The number of ether oxygens (including phenoxy) is 1. The zero-order valence-electron chi connectivity index (χ0n) is 15.7. The van der Waals surface area contributed by atoms with Gasteiger partial charge in [0.05, 0.1) is 15.0 Å². The lowest BCUT2D eigenvalue weighted by molar-refractivity contribution is -0.124. The molecule has 0 bridgehead atoms. The lowest BCUT2D eigenvalue weighted by Crippen LogP contribution is -2.36. The second-order valence-corrected chi connectivity index (χ2v) is 8.31. The summed E-state index contributed by atoms with van der Waals surface area (Å²) in [5.41, 5.74) is 0.940. The summed E-state index contributed by atoms with van der Waals surface area (Å²) in [7, 11) is 0. The molecule has 1 atom stereocenters. The molecule has 0 unspecified atom stereocenters. The third-order valence-corrected chi connectivity index (χ3v) is 5.95. The summed E-state index contributed by atoms with van der Waals surface area (Å²) >= 11 is 13.5. The first-order valence-corrected chi connectivity index (χ1v) is 10.5. The predicted molar refractivity (Wildman–Crippen MR) is 115 cm³/mol. The number of hydrogen-bond acceptors (Lipinski definition) is 4. The topological polar surface area (TPSA) is 46.6 Å². The average Bonchev–Trinajstić information content (AvgIpc) is 2.95. The highest BCUT2D eigenvalue weighted by Crippen LogP contribution is 2.38. The molecular formula is C21H18Cl2FNO3S. The van der Waals surface area contributed by atoms with Gasteiger partial charge in [0.2, 0.25) is 0 Å². The molecule has 0 N–H and O–H groups in total. The third-order valence-electron chi connectivity index (χ3n) is 4.50. The Morgan fingerprint density at radius 2 is 1.86 bits per heavy atom. The third kappa shape index (κ3) is 4.77. The Morgan fingerprint density at radius 3 is 2.48 bits per heavy atom. The molecule has 2 aromatic carbocycles. The van der Waals surface area contributed by atoms with Gasteiger partial charge in [0, 0.05) is 11.6 Å². The van der Waals surface area contributed by atoms with Crippen molar-refractivity contribution in [3.63, 3.8) is 0 Å². The summed E-state index contributed by atoms with van der Waals surface area (Å²) in [6.45, 7) is 3.71. The molecule has 0 aromatic heterocycles. The molecule has 0 saturated carbocycles. The van der Waals surface area contributed by atoms with Crippen LogP contribution < -0.4 is 4.74 Å². The molecule has 2 aromatic rings. The van der Waals surface area contributed by atoms with Crippen molar-refractivity contribution < 1.29 is 18.7 Å². The van der Waals surface area contributed by atoms with Crippen molar-refractivity contribution in [1.82, 2.24) is 4.90 Å². The van der Waals surface area contributed by atoms with E-state index in [-0.39, 0.29) is 45.4 Å². The smallest absolute Gasteiger partial charge is 0.293 e. The van der Waals surface area contributed by atoms with Crippen LogP contribution in [0.25, 0.3) is 6.08 Å². The Morgan fingerprint density at radius 1 is 1.21 bits per heavy atom. The normalized spacial score (nSPS) is 16.6. The number of hydrogen-bond donors (Lipinski definition) is 0. The van der Waals surface area contributed by atoms with E-state index in [1.165, 1.54) is 11.0 Å². The average molecular weight is 454 g/mol. The van der Waals surface area contributed by atoms with E-state index in [0.29, 0.717) is 22.5 Å². The van der Waals surface area contributed by atoms with Crippen molar-refractivity contribution in [2.45, 2.75) is 32.9 Å². The molecule has 8 heteroatoms. The fraction of sp³-hybridized carbons (Fsp3) is 0.238. The molecule has 1 aliphatic heterocycles. The molecule has 1 fully saturated rings. The minimum atomic E-state index is -0.381. The van der Waals surface area contributed by atoms with Gasteiger partial charge in [-0.3, -0.25) is 14.5 Å². The highest BCUT2D eigenvalue weighted by Gasteiger charge is 2.37. The van der Waals surface area contributed by atoms with Crippen LogP contribution in [0.3, 0.4) is 0 Å². The Hall–Kier alpha value is -2.02. The maximum atomic E-state index is 13.7. The largest absolute Gasteiger partial charge is 0.486 e. The van der Waals surface area contributed by atoms with Crippen molar-refractivity contribution in [2.75, 3.05) is 0 Å². The first-order valence-electron chi connectivity index (χ1n) is 8.94. The highest BCUT2D eigenvalue weighted by atomic mass is 35.5. The molecule has 152 valence electrons. The molecule has 2 amide bonds. The summed E-state index contributed by atoms with van der Waals surface area (Å²) in [5.74, 6) is -0.490. The van der Waals surface area contributed by atoms with E-state index in [4.69, 9.17) is 27.9 Å². The van der Waals surface area contributed by atoms with Gasteiger partial charge in [0.15, 0.2) is 5.75 Å². The van der Waals surface area contributed by atoms with E-state index in [1.807, 2.05) is 13.8 Å². The van der Waals surface area contributed by atoms with Crippen LogP contribution in [0.1, 0.15) is 31.4 Å².